The normalized spacial score (nSPS) is 11.7. The fourth-order valence-corrected chi connectivity index (χ4v) is 3.45. The van der Waals surface area contributed by atoms with E-state index < -0.39 is 0 Å². The summed E-state index contributed by atoms with van der Waals surface area (Å²) in [6.07, 6.45) is 11.0. The molecule has 3 rings (SSSR count). The van der Waals surface area contributed by atoms with Crippen LogP contribution in [0.5, 0.6) is 0 Å². The number of benzene rings is 1. The van der Waals surface area contributed by atoms with Crippen LogP contribution in [-0.4, -0.2) is 30.0 Å². The summed E-state index contributed by atoms with van der Waals surface area (Å²) in [6, 6.07) is 9.14. The number of nitrogens with zero attached hydrogens (tertiary/aromatic N) is 6. The molecule has 0 radical (unpaired) electrons. The van der Waals surface area contributed by atoms with Crippen molar-refractivity contribution in [2.75, 3.05) is 0 Å². The van der Waals surface area contributed by atoms with E-state index in [-0.39, 0.29) is 0 Å². The van der Waals surface area contributed by atoms with Crippen molar-refractivity contribution in [1.29, 1.82) is 0 Å². The molecule has 0 bridgehead atoms. The van der Waals surface area contributed by atoms with Gasteiger partial charge in [0.15, 0.2) is 0 Å². The summed E-state index contributed by atoms with van der Waals surface area (Å²) >= 11 is 0. The van der Waals surface area contributed by atoms with Crippen molar-refractivity contribution in [3.05, 3.63) is 59.2 Å². The predicted molar refractivity (Wildman–Crippen MR) is 121 cm³/mol. The Morgan fingerprint density at radius 3 is 1.37 bits per heavy atom. The van der Waals surface area contributed by atoms with Crippen LogP contribution >= 0.6 is 0 Å². The minimum absolute atomic E-state index is 0.442. The molecule has 6 nitrogen and oxygen atoms in total. The van der Waals surface area contributed by atoms with Gasteiger partial charge in [-0.3, -0.25) is 9.36 Å². The van der Waals surface area contributed by atoms with Crippen molar-refractivity contribution < 1.29 is 0 Å². The largest absolute Gasteiger partial charge is 0.252 e. The summed E-state index contributed by atoms with van der Waals surface area (Å²) in [6.45, 7) is 10.5. The molecule has 0 unspecified atom stereocenters. The van der Waals surface area contributed by atoms with Gasteiger partial charge >= 0.3 is 0 Å². The van der Waals surface area contributed by atoms with Gasteiger partial charge in [-0.05, 0) is 61.5 Å². The predicted octanol–water partition coefficient (Wildman–Crippen LogP) is 5.16. The summed E-state index contributed by atoms with van der Waals surface area (Å²) in [7, 11) is 0. The van der Waals surface area contributed by atoms with E-state index in [1.54, 1.807) is 0 Å². The Bertz CT molecular complexity index is 802. The van der Waals surface area contributed by atoms with E-state index in [2.05, 4.69) is 85.0 Å². The highest BCUT2D eigenvalue weighted by Gasteiger charge is 2.05. The smallest absolute Gasteiger partial charge is 0.0852 e. The maximum absolute atomic E-state index is 4.22. The molecule has 0 fully saturated rings. The van der Waals surface area contributed by atoms with Crippen LogP contribution in [0.25, 0.3) is 0 Å². The molecule has 0 aliphatic carbocycles. The van der Waals surface area contributed by atoms with E-state index >= 15 is 0 Å². The molecule has 0 spiro atoms. The van der Waals surface area contributed by atoms with E-state index in [0.29, 0.717) is 11.8 Å². The third-order valence-corrected chi connectivity index (χ3v) is 5.52. The first-order valence-electron chi connectivity index (χ1n) is 11.4. The lowest BCUT2D eigenvalue weighted by molar-refractivity contribution is 0.540. The molecule has 0 aliphatic rings. The highest BCUT2D eigenvalue weighted by atomic mass is 15.4. The zero-order valence-electron chi connectivity index (χ0n) is 19.0. The van der Waals surface area contributed by atoms with Crippen LogP contribution < -0.4 is 0 Å². The average molecular weight is 409 g/mol. The lowest BCUT2D eigenvalue weighted by Gasteiger charge is -2.05. The highest BCUT2D eigenvalue weighted by Crippen LogP contribution is 2.13. The third kappa shape index (κ3) is 6.78. The van der Waals surface area contributed by atoms with Crippen LogP contribution in [0.1, 0.15) is 87.7 Å². The summed E-state index contributed by atoms with van der Waals surface area (Å²) < 4.78 is 3.95. The van der Waals surface area contributed by atoms with E-state index in [9.17, 15) is 0 Å². The van der Waals surface area contributed by atoms with Gasteiger partial charge in [-0.2, -0.15) is 0 Å². The van der Waals surface area contributed by atoms with Gasteiger partial charge in [0, 0.05) is 25.5 Å². The SMILES string of the molecule is CC(C)c1cn(CCCCc2ccc(CCCCn3cc(C(C)C)nn3)cc2)nn1. The molecule has 162 valence electrons. The Kier molecular flexibility index (Phi) is 8.17. The van der Waals surface area contributed by atoms with E-state index in [0.717, 1.165) is 50.2 Å². The molecule has 0 saturated carbocycles. The number of rotatable bonds is 12. The fraction of sp³-hybridized carbons (Fsp3) is 0.583. The monoisotopic (exact) mass is 408 g/mol. The first-order chi connectivity index (χ1) is 14.5. The lowest BCUT2D eigenvalue weighted by Crippen LogP contribution is -2.00. The summed E-state index contributed by atoms with van der Waals surface area (Å²) in [5.74, 6) is 0.884. The number of aryl methyl sites for hydroxylation is 4. The molecule has 6 heteroatoms. The van der Waals surface area contributed by atoms with Gasteiger partial charge in [0.2, 0.25) is 0 Å². The molecule has 1 aromatic carbocycles. The summed E-state index contributed by atoms with van der Waals surface area (Å²) in [5, 5.41) is 16.9. The Hall–Kier alpha value is -2.50. The minimum Gasteiger partial charge on any atom is -0.252 e. The second-order valence-electron chi connectivity index (χ2n) is 8.85. The van der Waals surface area contributed by atoms with Gasteiger partial charge in [-0.25, -0.2) is 0 Å². The van der Waals surface area contributed by atoms with E-state index in [4.69, 9.17) is 0 Å². The second-order valence-corrected chi connectivity index (χ2v) is 8.85. The number of unbranched alkanes of at least 4 members (excludes halogenated alkanes) is 2. The first kappa shape index (κ1) is 22.2. The average Bonchev–Trinajstić information content (AvgIpc) is 3.39. The summed E-state index contributed by atoms with van der Waals surface area (Å²) in [5.41, 5.74) is 4.99. The molecule has 0 aliphatic heterocycles. The van der Waals surface area contributed by atoms with Crippen molar-refractivity contribution >= 4 is 0 Å². The molecule has 0 atom stereocenters. The molecule has 30 heavy (non-hydrogen) atoms. The molecular formula is C24H36N6. The molecule has 3 aromatic rings. The van der Waals surface area contributed by atoms with Crippen LogP contribution in [-0.2, 0) is 25.9 Å². The molecule has 2 aromatic heterocycles. The Balaban J connectivity index is 1.31. The Morgan fingerprint density at radius 1 is 0.633 bits per heavy atom. The topological polar surface area (TPSA) is 61.4 Å². The zero-order chi connectivity index (χ0) is 21.3. The maximum Gasteiger partial charge on any atom is 0.0852 e. The maximum atomic E-state index is 4.22. The molecule has 0 saturated heterocycles. The number of hydrogen-bond donors (Lipinski definition) is 0. The molecule has 2 heterocycles. The lowest BCUT2D eigenvalue weighted by atomic mass is 10.0. The molecular weight excluding hydrogens is 372 g/mol. The Morgan fingerprint density at radius 2 is 1.03 bits per heavy atom. The quantitative estimate of drug-likeness (QED) is 0.388. The third-order valence-electron chi connectivity index (χ3n) is 5.52. The van der Waals surface area contributed by atoms with Crippen LogP contribution in [0.15, 0.2) is 36.7 Å². The van der Waals surface area contributed by atoms with E-state index in [1.165, 1.54) is 24.0 Å². The van der Waals surface area contributed by atoms with Crippen molar-refractivity contribution in [2.45, 2.75) is 91.1 Å². The highest BCUT2D eigenvalue weighted by molar-refractivity contribution is 5.22. The van der Waals surface area contributed by atoms with Crippen LogP contribution in [0, 0.1) is 0 Å². The van der Waals surface area contributed by atoms with Crippen LogP contribution in [0.3, 0.4) is 0 Å². The summed E-state index contributed by atoms with van der Waals surface area (Å²) in [4.78, 5) is 0. The number of hydrogen-bond acceptors (Lipinski definition) is 4. The zero-order valence-corrected chi connectivity index (χ0v) is 19.0. The second kappa shape index (κ2) is 11.0. The van der Waals surface area contributed by atoms with Crippen LogP contribution in [0.2, 0.25) is 0 Å². The van der Waals surface area contributed by atoms with Gasteiger partial charge in [0.1, 0.15) is 0 Å². The van der Waals surface area contributed by atoms with E-state index in [1.807, 2.05) is 9.36 Å². The standard InChI is InChI=1S/C24H36N6/c1-19(2)23-17-29(27-25-23)15-7-5-9-21-11-13-22(14-12-21)10-6-8-16-30-18-24(20(3)4)26-28-30/h11-14,17-20H,5-10,15-16H2,1-4H3. The van der Waals surface area contributed by atoms with Crippen molar-refractivity contribution in [3.8, 4) is 0 Å². The Labute approximate surface area is 180 Å². The van der Waals surface area contributed by atoms with Gasteiger partial charge < -0.3 is 0 Å². The molecule has 0 N–H and O–H groups in total. The van der Waals surface area contributed by atoms with Gasteiger partial charge in [-0.15, -0.1) is 10.2 Å². The van der Waals surface area contributed by atoms with Crippen molar-refractivity contribution in [1.82, 2.24) is 30.0 Å². The fourth-order valence-electron chi connectivity index (χ4n) is 3.45. The van der Waals surface area contributed by atoms with Crippen molar-refractivity contribution in [2.24, 2.45) is 0 Å². The van der Waals surface area contributed by atoms with Gasteiger partial charge in [0.05, 0.1) is 11.4 Å². The van der Waals surface area contributed by atoms with Crippen LogP contribution in [0.4, 0.5) is 0 Å². The van der Waals surface area contributed by atoms with Gasteiger partial charge in [0.25, 0.3) is 0 Å². The van der Waals surface area contributed by atoms with Gasteiger partial charge in [-0.1, -0.05) is 62.4 Å². The molecule has 0 amide bonds. The van der Waals surface area contributed by atoms with Crippen molar-refractivity contribution in [3.63, 3.8) is 0 Å². The first-order valence-corrected chi connectivity index (χ1v) is 11.4. The minimum atomic E-state index is 0.442. The number of aromatic nitrogens is 6.